The van der Waals surface area contributed by atoms with Crippen LogP contribution in [0.15, 0.2) is 24.3 Å². The average Bonchev–Trinajstić information content (AvgIpc) is 2.47. The van der Waals surface area contributed by atoms with Crippen molar-refractivity contribution in [1.82, 2.24) is 0 Å². The predicted octanol–water partition coefficient (Wildman–Crippen LogP) is 3.13. The van der Waals surface area contributed by atoms with Crippen LogP contribution in [-0.2, 0) is 4.79 Å². The van der Waals surface area contributed by atoms with Gasteiger partial charge in [0.2, 0.25) is 5.91 Å². The highest BCUT2D eigenvalue weighted by Gasteiger charge is 2.43. The largest absolute Gasteiger partial charge is 0.369 e. The summed E-state index contributed by atoms with van der Waals surface area (Å²) in [6.45, 7) is 2.00. The van der Waals surface area contributed by atoms with Crippen LogP contribution in [0.25, 0.3) is 0 Å². The van der Waals surface area contributed by atoms with Gasteiger partial charge in [0.1, 0.15) is 0 Å². The molecule has 0 aromatic heterocycles. The second-order valence-electron chi connectivity index (χ2n) is 5.65. The van der Waals surface area contributed by atoms with E-state index >= 15 is 0 Å². The number of rotatable bonds is 4. The van der Waals surface area contributed by atoms with Crippen molar-refractivity contribution >= 4 is 11.6 Å². The van der Waals surface area contributed by atoms with Crippen LogP contribution < -0.4 is 5.73 Å². The Kier molecular flexibility index (Phi) is 4.06. The molecule has 0 spiro atoms. The van der Waals surface area contributed by atoms with Crippen molar-refractivity contribution in [3.63, 3.8) is 0 Å². The number of primary amides is 1. The first kappa shape index (κ1) is 14.5. The fourth-order valence-corrected chi connectivity index (χ4v) is 3.28. The number of carbonyl (C=O) groups excluding carboxylic acids is 1. The topological polar surface area (TPSA) is 86.2 Å². The monoisotopic (exact) mass is 276 g/mol. The summed E-state index contributed by atoms with van der Waals surface area (Å²) in [7, 11) is 0. The summed E-state index contributed by atoms with van der Waals surface area (Å²) in [4.78, 5) is 22.2. The fraction of sp³-hybridized carbons (Fsp3) is 0.533. The average molecular weight is 276 g/mol. The first-order valence-electron chi connectivity index (χ1n) is 7.01. The van der Waals surface area contributed by atoms with Crippen LogP contribution in [0.2, 0.25) is 0 Å². The molecule has 0 bridgehead atoms. The van der Waals surface area contributed by atoms with Gasteiger partial charge in [0.25, 0.3) is 5.69 Å². The van der Waals surface area contributed by atoms with E-state index in [0.717, 1.165) is 37.7 Å². The molecule has 0 radical (unpaired) electrons. The highest BCUT2D eigenvalue weighted by Crippen LogP contribution is 2.47. The van der Waals surface area contributed by atoms with E-state index in [1.165, 1.54) is 12.1 Å². The van der Waals surface area contributed by atoms with Crippen LogP contribution in [-0.4, -0.2) is 10.8 Å². The van der Waals surface area contributed by atoms with Crippen LogP contribution in [0.5, 0.6) is 0 Å². The van der Waals surface area contributed by atoms with Gasteiger partial charge in [-0.1, -0.05) is 38.3 Å². The number of nitro benzene ring substituents is 1. The minimum Gasteiger partial charge on any atom is -0.369 e. The highest BCUT2D eigenvalue weighted by molar-refractivity contribution is 5.82. The van der Waals surface area contributed by atoms with Gasteiger partial charge in [0, 0.05) is 12.1 Å². The van der Waals surface area contributed by atoms with Gasteiger partial charge in [-0.15, -0.1) is 0 Å². The normalized spacial score (nSPS) is 19.2. The SMILES string of the molecule is C[C@H](c1ccc([N+](=O)[O-])cc1)C1(C(N)=O)CCCCC1. The standard InChI is InChI=1S/C15H20N2O3/c1-11(12-5-7-13(8-6-12)17(19)20)15(14(16)18)9-3-2-4-10-15/h5-8,11H,2-4,9-10H2,1H3,(H2,16,18)/t11-/m1/s1. The number of non-ortho nitro benzene ring substituents is 1. The first-order chi connectivity index (χ1) is 9.47. The Morgan fingerprint density at radius 2 is 1.80 bits per heavy atom. The molecular weight excluding hydrogens is 256 g/mol. The lowest BCUT2D eigenvalue weighted by molar-refractivity contribution is -0.384. The molecule has 0 aliphatic heterocycles. The molecule has 20 heavy (non-hydrogen) atoms. The summed E-state index contributed by atoms with van der Waals surface area (Å²) in [5, 5.41) is 10.7. The minimum atomic E-state index is -0.506. The van der Waals surface area contributed by atoms with Gasteiger partial charge in [-0.05, 0) is 24.3 Å². The molecule has 1 aliphatic carbocycles. The molecule has 0 heterocycles. The van der Waals surface area contributed by atoms with Gasteiger partial charge in [0.15, 0.2) is 0 Å². The van der Waals surface area contributed by atoms with Crippen molar-refractivity contribution in [2.45, 2.75) is 44.9 Å². The van der Waals surface area contributed by atoms with Crippen LogP contribution in [0.1, 0.15) is 50.5 Å². The third-order valence-electron chi connectivity index (χ3n) is 4.67. The molecule has 1 aromatic rings. The molecule has 1 aromatic carbocycles. The number of nitro groups is 1. The van der Waals surface area contributed by atoms with E-state index < -0.39 is 10.3 Å². The van der Waals surface area contributed by atoms with Crippen molar-refractivity contribution in [2.24, 2.45) is 11.1 Å². The predicted molar refractivity (Wildman–Crippen MR) is 76.2 cm³/mol. The number of carbonyl (C=O) groups is 1. The Bertz CT molecular complexity index is 504. The van der Waals surface area contributed by atoms with Gasteiger partial charge in [0.05, 0.1) is 10.3 Å². The van der Waals surface area contributed by atoms with Gasteiger partial charge in [-0.2, -0.15) is 0 Å². The lowest BCUT2D eigenvalue weighted by Crippen LogP contribution is -2.42. The number of hydrogen-bond acceptors (Lipinski definition) is 3. The van der Waals surface area contributed by atoms with Crippen molar-refractivity contribution in [3.8, 4) is 0 Å². The molecule has 1 saturated carbocycles. The molecule has 2 rings (SSSR count). The molecule has 2 N–H and O–H groups in total. The van der Waals surface area contributed by atoms with E-state index in [1.54, 1.807) is 12.1 Å². The summed E-state index contributed by atoms with van der Waals surface area (Å²) in [5.41, 5.74) is 6.17. The third-order valence-corrected chi connectivity index (χ3v) is 4.67. The number of nitrogens with zero attached hydrogens (tertiary/aromatic N) is 1. The van der Waals surface area contributed by atoms with Gasteiger partial charge in [-0.25, -0.2) is 0 Å². The molecule has 0 saturated heterocycles. The Morgan fingerprint density at radius 3 is 2.25 bits per heavy atom. The second-order valence-corrected chi connectivity index (χ2v) is 5.65. The molecule has 5 nitrogen and oxygen atoms in total. The van der Waals surface area contributed by atoms with E-state index in [4.69, 9.17) is 5.73 Å². The lowest BCUT2D eigenvalue weighted by atomic mass is 9.64. The van der Waals surface area contributed by atoms with E-state index in [9.17, 15) is 14.9 Å². The van der Waals surface area contributed by atoms with Crippen LogP contribution in [0.4, 0.5) is 5.69 Å². The zero-order chi connectivity index (χ0) is 14.8. The van der Waals surface area contributed by atoms with Crippen molar-refractivity contribution in [1.29, 1.82) is 0 Å². The minimum absolute atomic E-state index is 0.0129. The summed E-state index contributed by atoms with van der Waals surface area (Å²) in [6, 6.07) is 6.46. The van der Waals surface area contributed by atoms with Gasteiger partial charge < -0.3 is 5.73 Å². The zero-order valence-corrected chi connectivity index (χ0v) is 11.7. The van der Waals surface area contributed by atoms with Crippen molar-refractivity contribution < 1.29 is 9.72 Å². The molecule has 108 valence electrons. The van der Waals surface area contributed by atoms with E-state index in [1.807, 2.05) is 6.92 Å². The number of benzene rings is 1. The summed E-state index contributed by atoms with van der Waals surface area (Å²) < 4.78 is 0. The van der Waals surface area contributed by atoms with E-state index in [0.29, 0.717) is 0 Å². The van der Waals surface area contributed by atoms with Gasteiger partial charge in [-0.3, -0.25) is 14.9 Å². The quantitative estimate of drug-likeness (QED) is 0.677. The third kappa shape index (κ3) is 2.53. The second kappa shape index (κ2) is 5.61. The Balaban J connectivity index is 2.29. The molecule has 1 amide bonds. The molecule has 0 unspecified atom stereocenters. The summed E-state index contributed by atoms with van der Waals surface area (Å²) in [5.74, 6) is -0.260. The van der Waals surface area contributed by atoms with Crippen LogP contribution in [0, 0.1) is 15.5 Å². The summed E-state index contributed by atoms with van der Waals surface area (Å²) in [6.07, 6.45) is 4.78. The number of nitrogens with two attached hydrogens (primary N) is 1. The maximum atomic E-state index is 12.0. The first-order valence-corrected chi connectivity index (χ1v) is 7.01. The van der Waals surface area contributed by atoms with Gasteiger partial charge >= 0.3 is 0 Å². The number of amides is 1. The smallest absolute Gasteiger partial charge is 0.269 e. The molecular formula is C15H20N2O3. The number of hydrogen-bond donors (Lipinski definition) is 1. The maximum Gasteiger partial charge on any atom is 0.269 e. The van der Waals surface area contributed by atoms with Crippen LogP contribution in [0.3, 0.4) is 0 Å². The lowest BCUT2D eigenvalue weighted by Gasteiger charge is -2.39. The van der Waals surface area contributed by atoms with Crippen LogP contribution >= 0.6 is 0 Å². The van der Waals surface area contributed by atoms with Crippen molar-refractivity contribution in [2.75, 3.05) is 0 Å². The zero-order valence-electron chi connectivity index (χ0n) is 11.7. The molecule has 1 atom stereocenters. The molecule has 5 heteroatoms. The Hall–Kier alpha value is -1.91. The van der Waals surface area contributed by atoms with Crippen molar-refractivity contribution in [3.05, 3.63) is 39.9 Å². The molecule has 1 aliphatic rings. The maximum absolute atomic E-state index is 12.0. The fourth-order valence-electron chi connectivity index (χ4n) is 3.28. The Morgan fingerprint density at radius 1 is 1.25 bits per heavy atom. The van der Waals surface area contributed by atoms with E-state index in [-0.39, 0.29) is 17.5 Å². The highest BCUT2D eigenvalue weighted by atomic mass is 16.6. The van der Waals surface area contributed by atoms with E-state index in [2.05, 4.69) is 0 Å². The molecule has 1 fully saturated rings. The Labute approximate surface area is 118 Å². The summed E-state index contributed by atoms with van der Waals surface area (Å²) >= 11 is 0.